The number of carbonyl (C=O) groups excluding carboxylic acids is 1. The van der Waals surface area contributed by atoms with Crippen molar-refractivity contribution in [3.8, 4) is 23.0 Å². The molecule has 0 spiro atoms. The fourth-order valence-electron chi connectivity index (χ4n) is 3.06. The van der Waals surface area contributed by atoms with Crippen LogP contribution < -0.4 is 24.4 Å². The van der Waals surface area contributed by atoms with Crippen LogP contribution in [0.5, 0.6) is 23.0 Å². The third-order valence-electron chi connectivity index (χ3n) is 4.57. The number of amides is 1. The maximum Gasteiger partial charge on any atom is 0.271 e. The van der Waals surface area contributed by atoms with Crippen LogP contribution in [0.4, 0.5) is 0 Å². The summed E-state index contributed by atoms with van der Waals surface area (Å²) in [6.07, 6.45) is 1.54. The lowest BCUT2D eigenvalue weighted by Gasteiger charge is -2.14. The number of carbonyl (C=O) groups is 1. The van der Waals surface area contributed by atoms with E-state index in [9.17, 15) is 4.79 Å². The molecule has 0 bridgehead atoms. The zero-order chi connectivity index (χ0) is 22.3. The SMILES string of the molecule is CCOc1cc(/C=N\NC(=O)c2ccc3c(c2)OCO3)cc(Br)c1OCc1ccccc1. The Labute approximate surface area is 194 Å². The number of nitrogens with zero attached hydrogens (tertiary/aromatic N) is 1. The van der Waals surface area contributed by atoms with E-state index in [0.29, 0.717) is 41.8 Å². The number of rotatable bonds is 8. The van der Waals surface area contributed by atoms with E-state index in [1.54, 1.807) is 24.4 Å². The summed E-state index contributed by atoms with van der Waals surface area (Å²) in [4.78, 5) is 12.4. The smallest absolute Gasteiger partial charge is 0.271 e. The number of benzene rings is 3. The Morgan fingerprint density at radius 2 is 1.91 bits per heavy atom. The highest BCUT2D eigenvalue weighted by molar-refractivity contribution is 9.10. The maximum absolute atomic E-state index is 12.4. The summed E-state index contributed by atoms with van der Waals surface area (Å²) in [7, 11) is 0. The van der Waals surface area contributed by atoms with E-state index in [1.165, 1.54) is 0 Å². The van der Waals surface area contributed by atoms with Crippen molar-refractivity contribution in [3.63, 3.8) is 0 Å². The third-order valence-corrected chi connectivity index (χ3v) is 5.16. The first-order valence-electron chi connectivity index (χ1n) is 10.00. The summed E-state index contributed by atoms with van der Waals surface area (Å²) < 4.78 is 23.0. The van der Waals surface area contributed by atoms with E-state index in [2.05, 4.69) is 26.5 Å². The van der Waals surface area contributed by atoms with Crippen LogP contribution in [0.1, 0.15) is 28.4 Å². The summed E-state index contributed by atoms with van der Waals surface area (Å²) in [6.45, 7) is 2.95. The number of nitrogens with one attached hydrogen (secondary N) is 1. The van der Waals surface area contributed by atoms with Crippen molar-refractivity contribution in [2.45, 2.75) is 13.5 Å². The van der Waals surface area contributed by atoms with Gasteiger partial charge < -0.3 is 18.9 Å². The van der Waals surface area contributed by atoms with Gasteiger partial charge in [0.2, 0.25) is 6.79 Å². The van der Waals surface area contributed by atoms with Crippen LogP contribution in [0.15, 0.2) is 70.2 Å². The van der Waals surface area contributed by atoms with Crippen molar-refractivity contribution in [1.29, 1.82) is 0 Å². The van der Waals surface area contributed by atoms with E-state index >= 15 is 0 Å². The molecule has 0 unspecified atom stereocenters. The normalized spacial score (nSPS) is 12.1. The highest BCUT2D eigenvalue weighted by atomic mass is 79.9. The molecule has 0 radical (unpaired) electrons. The van der Waals surface area contributed by atoms with Gasteiger partial charge in [0.05, 0.1) is 17.3 Å². The third kappa shape index (κ3) is 5.20. The van der Waals surface area contributed by atoms with Gasteiger partial charge in [0.15, 0.2) is 23.0 Å². The lowest BCUT2D eigenvalue weighted by atomic mass is 10.2. The predicted octanol–water partition coefficient (Wildman–Crippen LogP) is 4.92. The zero-order valence-corrected chi connectivity index (χ0v) is 18.9. The van der Waals surface area contributed by atoms with E-state index in [0.717, 1.165) is 15.6 Å². The van der Waals surface area contributed by atoms with Gasteiger partial charge in [-0.2, -0.15) is 5.10 Å². The topological polar surface area (TPSA) is 78.4 Å². The number of ether oxygens (including phenoxy) is 4. The van der Waals surface area contributed by atoms with Crippen LogP contribution in [-0.4, -0.2) is 25.5 Å². The van der Waals surface area contributed by atoms with E-state index in [1.807, 2.05) is 49.4 Å². The Morgan fingerprint density at radius 1 is 1.09 bits per heavy atom. The molecule has 0 aliphatic carbocycles. The number of fused-ring (bicyclic) bond motifs is 1. The average molecular weight is 497 g/mol. The Balaban J connectivity index is 1.44. The highest BCUT2D eigenvalue weighted by Crippen LogP contribution is 2.37. The molecule has 1 aliphatic rings. The molecule has 1 heterocycles. The Morgan fingerprint density at radius 3 is 2.72 bits per heavy atom. The molecule has 0 atom stereocenters. The van der Waals surface area contributed by atoms with Gasteiger partial charge in [-0.15, -0.1) is 0 Å². The highest BCUT2D eigenvalue weighted by Gasteiger charge is 2.16. The van der Waals surface area contributed by atoms with Gasteiger partial charge in [-0.25, -0.2) is 5.43 Å². The minimum atomic E-state index is -0.355. The van der Waals surface area contributed by atoms with Crippen molar-refractivity contribution < 1.29 is 23.7 Å². The summed E-state index contributed by atoms with van der Waals surface area (Å²) in [5, 5.41) is 4.06. The first-order chi connectivity index (χ1) is 15.6. The second kappa shape index (κ2) is 10.2. The molecule has 7 nitrogen and oxygen atoms in total. The van der Waals surface area contributed by atoms with Crippen molar-refractivity contribution in [3.05, 3.63) is 81.8 Å². The maximum atomic E-state index is 12.4. The second-order valence-electron chi connectivity index (χ2n) is 6.80. The molecule has 3 aromatic carbocycles. The van der Waals surface area contributed by atoms with Crippen LogP contribution in [0.3, 0.4) is 0 Å². The lowest BCUT2D eigenvalue weighted by Crippen LogP contribution is -2.17. The van der Waals surface area contributed by atoms with E-state index in [-0.39, 0.29) is 12.7 Å². The molecule has 0 saturated heterocycles. The first-order valence-corrected chi connectivity index (χ1v) is 10.8. The molecule has 32 heavy (non-hydrogen) atoms. The van der Waals surface area contributed by atoms with Gasteiger partial charge in [-0.1, -0.05) is 30.3 Å². The minimum absolute atomic E-state index is 0.153. The van der Waals surface area contributed by atoms with E-state index in [4.69, 9.17) is 18.9 Å². The standard InChI is InChI=1S/C24H21BrN2O5/c1-2-29-22-11-17(10-19(25)23(22)30-14-16-6-4-3-5-7-16)13-26-27-24(28)18-8-9-20-21(12-18)32-15-31-20/h3-13H,2,14-15H2,1H3,(H,27,28)/b26-13-. The lowest BCUT2D eigenvalue weighted by molar-refractivity contribution is 0.0954. The number of hydrogen-bond donors (Lipinski definition) is 1. The van der Waals surface area contributed by atoms with Crippen LogP contribution in [0.25, 0.3) is 0 Å². The molecular formula is C24H21BrN2O5. The average Bonchev–Trinajstić information content (AvgIpc) is 3.27. The fourth-order valence-corrected chi connectivity index (χ4v) is 3.64. The molecule has 0 fully saturated rings. The van der Waals surface area contributed by atoms with Gasteiger partial charge >= 0.3 is 0 Å². The Bertz CT molecular complexity index is 1130. The van der Waals surface area contributed by atoms with Gasteiger partial charge in [-0.3, -0.25) is 4.79 Å². The van der Waals surface area contributed by atoms with E-state index < -0.39 is 0 Å². The van der Waals surface area contributed by atoms with Gasteiger partial charge in [-0.05, 0) is 64.3 Å². The first kappa shape index (κ1) is 21.7. The summed E-state index contributed by atoms with van der Waals surface area (Å²) >= 11 is 3.55. The minimum Gasteiger partial charge on any atom is -0.490 e. The van der Waals surface area contributed by atoms with Crippen molar-refractivity contribution in [2.75, 3.05) is 13.4 Å². The quantitative estimate of drug-likeness (QED) is 0.353. The predicted molar refractivity (Wildman–Crippen MR) is 124 cm³/mol. The molecular weight excluding hydrogens is 476 g/mol. The van der Waals surface area contributed by atoms with Crippen LogP contribution in [0, 0.1) is 0 Å². The molecule has 164 valence electrons. The zero-order valence-electron chi connectivity index (χ0n) is 17.3. The molecule has 8 heteroatoms. The largest absolute Gasteiger partial charge is 0.490 e. The summed E-state index contributed by atoms with van der Waals surface area (Å²) in [5.74, 6) is 2.00. The van der Waals surface area contributed by atoms with Crippen LogP contribution in [0.2, 0.25) is 0 Å². The molecule has 0 aromatic heterocycles. The number of hydrazone groups is 1. The molecule has 0 saturated carbocycles. The van der Waals surface area contributed by atoms with Crippen molar-refractivity contribution in [1.82, 2.24) is 5.43 Å². The van der Waals surface area contributed by atoms with Crippen molar-refractivity contribution in [2.24, 2.45) is 5.10 Å². The number of hydrogen-bond acceptors (Lipinski definition) is 6. The van der Waals surface area contributed by atoms with Crippen LogP contribution >= 0.6 is 15.9 Å². The summed E-state index contributed by atoms with van der Waals surface area (Å²) in [6, 6.07) is 18.5. The molecule has 4 rings (SSSR count). The molecule has 1 aliphatic heterocycles. The summed E-state index contributed by atoms with van der Waals surface area (Å²) in [5.41, 5.74) is 4.73. The Hall–Kier alpha value is -3.52. The van der Waals surface area contributed by atoms with Gasteiger partial charge in [0, 0.05) is 5.56 Å². The molecule has 1 N–H and O–H groups in total. The Kier molecular flexibility index (Phi) is 6.91. The van der Waals surface area contributed by atoms with Crippen molar-refractivity contribution >= 4 is 28.1 Å². The second-order valence-corrected chi connectivity index (χ2v) is 7.66. The number of halogens is 1. The fraction of sp³-hybridized carbons (Fsp3) is 0.167. The van der Waals surface area contributed by atoms with Gasteiger partial charge in [0.25, 0.3) is 5.91 Å². The molecule has 1 amide bonds. The van der Waals surface area contributed by atoms with Gasteiger partial charge in [0.1, 0.15) is 6.61 Å². The monoisotopic (exact) mass is 496 g/mol. The van der Waals surface area contributed by atoms with Crippen LogP contribution in [-0.2, 0) is 6.61 Å². The molecule has 3 aromatic rings.